The molecule has 6 nitrogen and oxygen atoms in total. The molecule has 0 aliphatic carbocycles. The van der Waals surface area contributed by atoms with E-state index >= 15 is 0 Å². The van der Waals surface area contributed by atoms with Crippen LogP contribution in [0, 0.1) is 0 Å². The molecule has 2 heterocycles. The molecule has 98 valence electrons. The van der Waals surface area contributed by atoms with Crippen molar-refractivity contribution in [3.8, 4) is 0 Å². The Bertz CT molecular complexity index is 435. The number of hydrogen-bond donors (Lipinski definition) is 1. The molecule has 1 fully saturated rings. The van der Waals surface area contributed by atoms with Crippen LogP contribution >= 0.6 is 11.8 Å². The summed E-state index contributed by atoms with van der Waals surface area (Å²) >= 11 is 1.50. The molecule has 7 heteroatoms. The average Bonchev–Trinajstić information content (AvgIpc) is 2.94. The highest BCUT2D eigenvalue weighted by molar-refractivity contribution is 8.00. The fraction of sp³-hybridized carbons (Fsp3) is 0.545. The molecule has 0 radical (unpaired) electrons. The Morgan fingerprint density at radius 2 is 2.33 bits per heavy atom. The molecule has 1 saturated heterocycles. The second-order valence-corrected chi connectivity index (χ2v) is 5.46. The molecule has 1 N–H and O–H groups in total. The average molecular weight is 269 g/mol. The van der Waals surface area contributed by atoms with Gasteiger partial charge in [-0.15, -0.1) is 11.8 Å². The number of carboxylic acid groups (broad SMARTS) is 1. The summed E-state index contributed by atoms with van der Waals surface area (Å²) in [6.07, 6.45) is 3.71. The number of thioether (sulfide) groups is 1. The molecule has 0 bridgehead atoms. The molecule has 1 aromatic rings. The Morgan fingerprint density at radius 1 is 1.56 bits per heavy atom. The van der Waals surface area contributed by atoms with Gasteiger partial charge in [-0.2, -0.15) is 5.10 Å². The third kappa shape index (κ3) is 2.66. The SMILES string of the molecule is CC1SCC(C(=O)O)N1C(=O)CCn1cccn1. The molecule has 0 aromatic carbocycles. The largest absolute Gasteiger partial charge is 0.480 e. The minimum Gasteiger partial charge on any atom is -0.480 e. The zero-order valence-corrected chi connectivity index (χ0v) is 10.8. The van der Waals surface area contributed by atoms with Gasteiger partial charge in [0.15, 0.2) is 0 Å². The van der Waals surface area contributed by atoms with E-state index in [1.54, 1.807) is 23.1 Å². The smallest absolute Gasteiger partial charge is 0.327 e. The van der Waals surface area contributed by atoms with Crippen molar-refractivity contribution in [2.75, 3.05) is 5.75 Å². The lowest BCUT2D eigenvalue weighted by atomic mass is 10.2. The summed E-state index contributed by atoms with van der Waals surface area (Å²) in [7, 11) is 0. The van der Waals surface area contributed by atoms with E-state index in [2.05, 4.69) is 5.10 Å². The fourth-order valence-corrected chi connectivity index (χ4v) is 3.17. The number of aromatic nitrogens is 2. The predicted octanol–water partition coefficient (Wildman–Crippen LogP) is 0.648. The van der Waals surface area contributed by atoms with Crippen LogP contribution < -0.4 is 0 Å². The Hall–Kier alpha value is -1.50. The Morgan fingerprint density at radius 3 is 2.94 bits per heavy atom. The number of nitrogens with zero attached hydrogens (tertiary/aromatic N) is 3. The van der Waals surface area contributed by atoms with Gasteiger partial charge in [0.2, 0.25) is 5.91 Å². The molecule has 1 amide bonds. The van der Waals surface area contributed by atoms with Crippen LogP contribution in [0.25, 0.3) is 0 Å². The molecule has 2 rings (SSSR count). The number of hydrogen-bond acceptors (Lipinski definition) is 4. The molecule has 2 atom stereocenters. The molecular weight excluding hydrogens is 254 g/mol. The zero-order chi connectivity index (χ0) is 13.1. The molecule has 1 aliphatic heterocycles. The van der Waals surface area contributed by atoms with Crippen LogP contribution in [-0.2, 0) is 16.1 Å². The highest BCUT2D eigenvalue weighted by Crippen LogP contribution is 2.29. The number of rotatable bonds is 4. The molecule has 1 aromatic heterocycles. The molecular formula is C11H15N3O3S. The van der Waals surface area contributed by atoms with Crippen LogP contribution in [0.3, 0.4) is 0 Å². The minimum atomic E-state index is -0.931. The van der Waals surface area contributed by atoms with Crippen LogP contribution in [0.4, 0.5) is 0 Å². The number of carbonyl (C=O) groups is 2. The third-order valence-corrected chi connectivity index (χ3v) is 4.13. The molecule has 1 aliphatic rings. The number of aliphatic carboxylic acids is 1. The van der Waals surface area contributed by atoms with Crippen molar-refractivity contribution in [3.63, 3.8) is 0 Å². The topological polar surface area (TPSA) is 75.4 Å². The lowest BCUT2D eigenvalue weighted by molar-refractivity contribution is -0.149. The van der Waals surface area contributed by atoms with E-state index in [1.165, 1.54) is 16.7 Å². The van der Waals surface area contributed by atoms with E-state index in [4.69, 9.17) is 5.11 Å². The molecule has 18 heavy (non-hydrogen) atoms. The maximum atomic E-state index is 12.1. The lowest BCUT2D eigenvalue weighted by Gasteiger charge is -2.25. The van der Waals surface area contributed by atoms with Gasteiger partial charge in [0.1, 0.15) is 6.04 Å². The van der Waals surface area contributed by atoms with E-state index in [0.29, 0.717) is 12.3 Å². The first-order valence-electron chi connectivity index (χ1n) is 5.72. The summed E-state index contributed by atoms with van der Waals surface area (Å²) in [5, 5.41) is 13.0. The number of carboxylic acids is 1. The van der Waals surface area contributed by atoms with E-state index in [9.17, 15) is 9.59 Å². The van der Waals surface area contributed by atoms with Gasteiger partial charge in [-0.25, -0.2) is 4.79 Å². The van der Waals surface area contributed by atoms with Crippen molar-refractivity contribution in [2.24, 2.45) is 0 Å². The first kappa shape index (κ1) is 12.9. The van der Waals surface area contributed by atoms with Crippen LogP contribution in [-0.4, -0.2) is 48.8 Å². The summed E-state index contributed by atoms with van der Waals surface area (Å²) < 4.78 is 1.67. The molecule has 0 spiro atoms. The van der Waals surface area contributed by atoms with Crippen molar-refractivity contribution in [1.29, 1.82) is 0 Å². The highest BCUT2D eigenvalue weighted by atomic mass is 32.2. The summed E-state index contributed by atoms with van der Waals surface area (Å²) in [5.41, 5.74) is 0. The monoisotopic (exact) mass is 269 g/mol. The normalized spacial score (nSPS) is 23.3. The maximum absolute atomic E-state index is 12.1. The van der Waals surface area contributed by atoms with E-state index in [0.717, 1.165) is 0 Å². The number of carbonyl (C=O) groups excluding carboxylic acids is 1. The third-order valence-electron chi connectivity index (χ3n) is 2.91. The summed E-state index contributed by atoms with van der Waals surface area (Å²) in [6.45, 7) is 2.34. The summed E-state index contributed by atoms with van der Waals surface area (Å²) in [4.78, 5) is 24.6. The first-order valence-corrected chi connectivity index (χ1v) is 6.77. The van der Waals surface area contributed by atoms with Gasteiger partial charge in [-0.1, -0.05) is 0 Å². The lowest BCUT2D eigenvalue weighted by Crippen LogP contribution is -2.45. The van der Waals surface area contributed by atoms with Gasteiger partial charge < -0.3 is 10.0 Å². The van der Waals surface area contributed by atoms with Crippen molar-refractivity contribution >= 4 is 23.6 Å². The van der Waals surface area contributed by atoms with Gasteiger partial charge >= 0.3 is 5.97 Å². The molecule has 0 saturated carbocycles. The Balaban J connectivity index is 1.96. The van der Waals surface area contributed by atoms with Crippen molar-refractivity contribution in [2.45, 2.75) is 31.3 Å². The van der Waals surface area contributed by atoms with Gasteiger partial charge in [0.05, 0.1) is 5.37 Å². The summed E-state index contributed by atoms with van der Waals surface area (Å²) in [6, 6.07) is 1.09. The van der Waals surface area contributed by atoms with Crippen molar-refractivity contribution in [1.82, 2.24) is 14.7 Å². The Kier molecular flexibility index (Phi) is 3.90. The first-order chi connectivity index (χ1) is 8.59. The number of amides is 1. The zero-order valence-electron chi connectivity index (χ0n) is 10.0. The van der Waals surface area contributed by atoms with E-state index < -0.39 is 12.0 Å². The van der Waals surface area contributed by atoms with Gasteiger partial charge in [-0.05, 0) is 13.0 Å². The Labute approximate surface area is 109 Å². The summed E-state index contributed by atoms with van der Waals surface area (Å²) in [5.74, 6) is -0.598. The number of aryl methyl sites for hydroxylation is 1. The van der Waals surface area contributed by atoms with E-state index in [1.807, 2.05) is 6.92 Å². The van der Waals surface area contributed by atoms with Crippen LogP contribution in [0.15, 0.2) is 18.5 Å². The highest BCUT2D eigenvalue weighted by Gasteiger charge is 2.38. The fourth-order valence-electron chi connectivity index (χ4n) is 1.98. The molecule has 2 unspecified atom stereocenters. The van der Waals surface area contributed by atoms with Gasteiger partial charge in [0.25, 0.3) is 0 Å². The second-order valence-electron chi connectivity index (χ2n) is 4.11. The van der Waals surface area contributed by atoms with Gasteiger partial charge in [0, 0.05) is 31.1 Å². The van der Waals surface area contributed by atoms with Gasteiger partial charge in [-0.3, -0.25) is 9.48 Å². The standard InChI is InChI=1S/C11H15N3O3S/c1-8-14(9(7-18-8)11(16)17)10(15)3-6-13-5-2-4-12-13/h2,4-5,8-9H,3,6-7H2,1H3,(H,16,17). The second kappa shape index (κ2) is 5.43. The van der Waals surface area contributed by atoms with Crippen LogP contribution in [0.1, 0.15) is 13.3 Å². The quantitative estimate of drug-likeness (QED) is 0.868. The van der Waals surface area contributed by atoms with Crippen molar-refractivity contribution in [3.05, 3.63) is 18.5 Å². The minimum absolute atomic E-state index is 0.0729. The predicted molar refractivity (Wildman–Crippen MR) is 67.0 cm³/mol. The van der Waals surface area contributed by atoms with Crippen LogP contribution in [0.5, 0.6) is 0 Å². The van der Waals surface area contributed by atoms with E-state index in [-0.39, 0.29) is 17.7 Å². The van der Waals surface area contributed by atoms with Crippen molar-refractivity contribution < 1.29 is 14.7 Å². The van der Waals surface area contributed by atoms with Crippen LogP contribution in [0.2, 0.25) is 0 Å². The maximum Gasteiger partial charge on any atom is 0.327 e.